The molecule has 1 aromatic carbocycles. The fourth-order valence-corrected chi connectivity index (χ4v) is 4.64. The molecular weight excluding hydrogens is 305 g/mol. The lowest BCUT2D eigenvalue weighted by molar-refractivity contribution is 0.0695. The van der Waals surface area contributed by atoms with Crippen molar-refractivity contribution < 1.29 is 17.6 Å². The third kappa shape index (κ3) is 3.48. The SMILES string of the molecule is Cc1ccc(C(=O)N(C)[C@H]2CCCC[C@H]2S(C)(=O)=O)c(F)c1. The van der Waals surface area contributed by atoms with Gasteiger partial charge in [0, 0.05) is 19.3 Å². The van der Waals surface area contributed by atoms with Gasteiger partial charge >= 0.3 is 0 Å². The van der Waals surface area contributed by atoms with Crippen molar-refractivity contribution in [3.05, 3.63) is 35.1 Å². The van der Waals surface area contributed by atoms with E-state index in [-0.39, 0.29) is 5.56 Å². The van der Waals surface area contributed by atoms with Gasteiger partial charge < -0.3 is 4.90 Å². The fraction of sp³-hybridized carbons (Fsp3) is 0.562. The summed E-state index contributed by atoms with van der Waals surface area (Å²) in [4.78, 5) is 13.9. The molecule has 0 radical (unpaired) electrons. The Bertz CT molecular complexity index is 672. The maximum atomic E-state index is 14.0. The Morgan fingerprint density at radius 3 is 2.50 bits per heavy atom. The number of hydrogen-bond donors (Lipinski definition) is 0. The summed E-state index contributed by atoms with van der Waals surface area (Å²) in [7, 11) is -1.67. The van der Waals surface area contributed by atoms with Gasteiger partial charge in [-0.3, -0.25) is 4.79 Å². The van der Waals surface area contributed by atoms with Gasteiger partial charge in [0.15, 0.2) is 9.84 Å². The average molecular weight is 327 g/mol. The summed E-state index contributed by atoms with van der Waals surface area (Å²) in [5.41, 5.74) is 0.731. The van der Waals surface area contributed by atoms with Crippen LogP contribution in [0.3, 0.4) is 0 Å². The maximum Gasteiger partial charge on any atom is 0.256 e. The summed E-state index contributed by atoms with van der Waals surface area (Å²) in [5.74, 6) is -1.03. The van der Waals surface area contributed by atoms with E-state index in [4.69, 9.17) is 0 Å². The molecule has 0 bridgehead atoms. The van der Waals surface area contributed by atoms with Crippen molar-refractivity contribution in [1.29, 1.82) is 0 Å². The molecule has 1 amide bonds. The molecule has 1 saturated carbocycles. The van der Waals surface area contributed by atoms with Gasteiger partial charge in [-0.25, -0.2) is 12.8 Å². The van der Waals surface area contributed by atoms with E-state index in [1.54, 1.807) is 20.0 Å². The standard InChI is InChI=1S/C16H22FNO3S/c1-11-8-9-12(13(17)10-11)16(19)18(2)14-6-4-5-7-15(14)22(3,20)21/h8-10,14-15H,4-7H2,1-3H3/t14-,15+/m0/s1. The number of sulfone groups is 1. The van der Waals surface area contributed by atoms with E-state index in [0.717, 1.165) is 18.4 Å². The minimum absolute atomic E-state index is 0.00840. The third-order valence-corrected chi connectivity index (χ3v) is 6.04. The van der Waals surface area contributed by atoms with E-state index in [1.807, 2.05) is 0 Å². The Labute approximate surface area is 131 Å². The first-order valence-electron chi connectivity index (χ1n) is 7.44. The normalized spacial score (nSPS) is 22.4. The second kappa shape index (κ2) is 6.36. The first-order chi connectivity index (χ1) is 10.2. The topological polar surface area (TPSA) is 54.5 Å². The number of nitrogens with zero attached hydrogens (tertiary/aromatic N) is 1. The van der Waals surface area contributed by atoms with E-state index >= 15 is 0 Å². The van der Waals surface area contributed by atoms with Gasteiger partial charge in [-0.15, -0.1) is 0 Å². The van der Waals surface area contributed by atoms with Crippen LogP contribution in [0.5, 0.6) is 0 Å². The number of carbonyl (C=O) groups excluding carboxylic acids is 1. The first kappa shape index (κ1) is 16.9. The minimum Gasteiger partial charge on any atom is -0.337 e. The van der Waals surface area contributed by atoms with Crippen molar-refractivity contribution in [3.63, 3.8) is 0 Å². The van der Waals surface area contributed by atoms with E-state index in [0.29, 0.717) is 12.8 Å². The molecule has 0 aliphatic heterocycles. The third-order valence-electron chi connectivity index (χ3n) is 4.39. The number of amides is 1. The molecular formula is C16H22FNO3S. The van der Waals surface area contributed by atoms with Crippen LogP contribution < -0.4 is 0 Å². The highest BCUT2D eigenvalue weighted by Gasteiger charge is 2.37. The van der Waals surface area contributed by atoms with Crippen LogP contribution in [-0.4, -0.2) is 43.8 Å². The monoisotopic (exact) mass is 327 g/mol. The number of rotatable bonds is 3. The van der Waals surface area contributed by atoms with E-state index in [1.165, 1.54) is 23.3 Å². The van der Waals surface area contributed by atoms with Crippen LogP contribution in [-0.2, 0) is 9.84 Å². The summed E-state index contributed by atoms with van der Waals surface area (Å²) < 4.78 is 37.9. The van der Waals surface area contributed by atoms with Gasteiger partial charge in [0.1, 0.15) is 5.82 Å². The van der Waals surface area contributed by atoms with Crippen molar-refractivity contribution in [2.24, 2.45) is 0 Å². The van der Waals surface area contributed by atoms with Crippen molar-refractivity contribution in [3.8, 4) is 0 Å². The molecule has 1 aliphatic carbocycles. The Balaban J connectivity index is 2.28. The predicted octanol–water partition coefficient (Wildman–Crippen LogP) is 2.56. The second-order valence-corrected chi connectivity index (χ2v) is 8.38. The Hall–Kier alpha value is -1.43. The maximum absolute atomic E-state index is 14.0. The Kier molecular flexibility index (Phi) is 4.90. The second-order valence-electron chi connectivity index (χ2n) is 6.12. The number of hydrogen-bond acceptors (Lipinski definition) is 3. The van der Waals surface area contributed by atoms with Gasteiger partial charge in [-0.2, -0.15) is 0 Å². The largest absolute Gasteiger partial charge is 0.337 e. The van der Waals surface area contributed by atoms with Crippen LogP contribution in [0.25, 0.3) is 0 Å². The van der Waals surface area contributed by atoms with Gasteiger partial charge in [0.05, 0.1) is 10.8 Å². The molecule has 6 heteroatoms. The molecule has 0 heterocycles. The number of aryl methyl sites for hydroxylation is 1. The molecule has 2 atom stereocenters. The summed E-state index contributed by atoms with van der Waals surface area (Å²) in [6.07, 6.45) is 4.12. The van der Waals surface area contributed by atoms with Gasteiger partial charge in [-0.05, 0) is 37.5 Å². The quantitative estimate of drug-likeness (QED) is 0.857. The van der Waals surface area contributed by atoms with E-state index in [2.05, 4.69) is 0 Å². The Morgan fingerprint density at radius 2 is 1.91 bits per heavy atom. The van der Waals surface area contributed by atoms with Crippen LogP contribution >= 0.6 is 0 Å². The van der Waals surface area contributed by atoms with Crippen LogP contribution in [0.15, 0.2) is 18.2 Å². The lowest BCUT2D eigenvalue weighted by atomic mass is 9.93. The zero-order chi connectivity index (χ0) is 16.5. The molecule has 1 aromatic rings. The van der Waals surface area contributed by atoms with Crippen molar-refractivity contribution in [2.45, 2.75) is 43.9 Å². The van der Waals surface area contributed by atoms with Crippen LogP contribution in [0.1, 0.15) is 41.6 Å². The Morgan fingerprint density at radius 1 is 1.27 bits per heavy atom. The summed E-state index contributed by atoms with van der Waals surface area (Å²) in [5, 5.41) is -0.566. The number of carbonyl (C=O) groups is 1. The molecule has 22 heavy (non-hydrogen) atoms. The van der Waals surface area contributed by atoms with E-state index < -0.39 is 32.9 Å². The molecule has 0 aromatic heterocycles. The van der Waals surface area contributed by atoms with Crippen LogP contribution in [0, 0.1) is 12.7 Å². The lowest BCUT2D eigenvalue weighted by Crippen LogP contribution is -2.49. The smallest absolute Gasteiger partial charge is 0.256 e. The predicted molar refractivity (Wildman–Crippen MR) is 84.1 cm³/mol. The molecule has 1 fully saturated rings. The molecule has 122 valence electrons. The summed E-state index contributed by atoms with van der Waals surface area (Å²) in [6.45, 7) is 1.75. The number of halogens is 1. The van der Waals surface area contributed by atoms with Gasteiger partial charge in [0.2, 0.25) is 0 Å². The number of benzene rings is 1. The van der Waals surface area contributed by atoms with Crippen molar-refractivity contribution in [1.82, 2.24) is 4.90 Å². The molecule has 0 spiro atoms. The highest BCUT2D eigenvalue weighted by atomic mass is 32.2. The highest BCUT2D eigenvalue weighted by Crippen LogP contribution is 2.28. The molecule has 0 saturated heterocycles. The van der Waals surface area contributed by atoms with Crippen molar-refractivity contribution >= 4 is 15.7 Å². The van der Waals surface area contributed by atoms with Gasteiger partial charge in [-0.1, -0.05) is 18.9 Å². The van der Waals surface area contributed by atoms with E-state index in [9.17, 15) is 17.6 Å². The molecule has 0 unspecified atom stereocenters. The molecule has 0 N–H and O–H groups in total. The fourth-order valence-electron chi connectivity index (χ4n) is 3.15. The average Bonchev–Trinajstić information content (AvgIpc) is 2.45. The lowest BCUT2D eigenvalue weighted by Gasteiger charge is -2.37. The molecule has 4 nitrogen and oxygen atoms in total. The molecule has 2 rings (SSSR count). The molecule has 1 aliphatic rings. The first-order valence-corrected chi connectivity index (χ1v) is 9.39. The summed E-state index contributed by atoms with van der Waals surface area (Å²) >= 11 is 0. The van der Waals surface area contributed by atoms with Gasteiger partial charge in [0.25, 0.3) is 5.91 Å². The summed E-state index contributed by atoms with van der Waals surface area (Å²) in [6, 6.07) is 4.06. The minimum atomic E-state index is -3.24. The highest BCUT2D eigenvalue weighted by molar-refractivity contribution is 7.91. The van der Waals surface area contributed by atoms with Crippen molar-refractivity contribution in [2.75, 3.05) is 13.3 Å². The zero-order valence-electron chi connectivity index (χ0n) is 13.2. The zero-order valence-corrected chi connectivity index (χ0v) is 14.0. The van der Waals surface area contributed by atoms with Crippen LogP contribution in [0.4, 0.5) is 4.39 Å². The van der Waals surface area contributed by atoms with Crippen LogP contribution in [0.2, 0.25) is 0 Å².